The van der Waals surface area contributed by atoms with E-state index >= 15 is 0 Å². The summed E-state index contributed by atoms with van der Waals surface area (Å²) in [6.45, 7) is 0.232. The topological polar surface area (TPSA) is 46.9 Å². The Kier molecular flexibility index (Phi) is 6.70. The lowest BCUT2D eigenvalue weighted by Crippen LogP contribution is -2.25. The number of carbonyl (C=O) groups is 1. The van der Waals surface area contributed by atoms with Crippen molar-refractivity contribution in [2.24, 2.45) is 0 Å². The van der Waals surface area contributed by atoms with Gasteiger partial charge in [-0.3, -0.25) is 4.79 Å². The van der Waals surface area contributed by atoms with Gasteiger partial charge < -0.3 is 5.32 Å². The Morgan fingerprint density at radius 1 is 0.971 bits per heavy atom. The van der Waals surface area contributed by atoms with E-state index in [0.717, 1.165) is 10.7 Å². The second-order valence-electron chi connectivity index (χ2n) is 7.45. The molecular formula is C25H18ClF4N3O. The summed E-state index contributed by atoms with van der Waals surface area (Å²) in [6, 6.07) is 19.8. The summed E-state index contributed by atoms with van der Waals surface area (Å²) in [4.78, 5) is 12.4. The molecule has 4 rings (SSSR count). The Hall–Kier alpha value is -3.65. The molecule has 0 radical (unpaired) electrons. The van der Waals surface area contributed by atoms with E-state index in [1.54, 1.807) is 42.5 Å². The van der Waals surface area contributed by atoms with Crippen LogP contribution >= 0.6 is 11.6 Å². The third-order valence-corrected chi connectivity index (χ3v) is 5.48. The van der Waals surface area contributed by atoms with Crippen molar-refractivity contribution in [2.75, 3.05) is 6.54 Å². The Labute approximate surface area is 197 Å². The van der Waals surface area contributed by atoms with Gasteiger partial charge in [0.2, 0.25) is 0 Å². The highest BCUT2D eigenvalue weighted by atomic mass is 35.5. The molecule has 0 saturated carbocycles. The fraction of sp³-hybridized carbons (Fsp3) is 0.120. The first-order valence-electron chi connectivity index (χ1n) is 10.3. The molecule has 0 spiro atoms. The maximum atomic E-state index is 13.7. The minimum absolute atomic E-state index is 0.173. The van der Waals surface area contributed by atoms with Crippen molar-refractivity contribution < 1.29 is 22.4 Å². The number of hydrogen-bond donors (Lipinski definition) is 1. The zero-order valence-electron chi connectivity index (χ0n) is 17.6. The summed E-state index contributed by atoms with van der Waals surface area (Å²) in [5.74, 6) is -0.715. The summed E-state index contributed by atoms with van der Waals surface area (Å²) < 4.78 is 54.9. The standard InChI is InChI=1S/C25H18ClF4N3O/c26-19-6-2-4-8-21(19)33-22(15-23(32-33)25(28,29)30)17-9-11-18(12-10-17)24(34)31-14-13-16-5-1-3-7-20(16)27/h1-12,15H,13-14H2,(H,31,34). The van der Waals surface area contributed by atoms with Crippen LogP contribution in [0.2, 0.25) is 5.02 Å². The Balaban J connectivity index is 1.55. The molecule has 0 aliphatic rings. The van der Waals surface area contributed by atoms with Crippen LogP contribution in [-0.2, 0) is 12.6 Å². The lowest BCUT2D eigenvalue weighted by molar-refractivity contribution is -0.141. The average molecular weight is 488 g/mol. The van der Waals surface area contributed by atoms with Crippen molar-refractivity contribution in [1.82, 2.24) is 15.1 Å². The number of carbonyl (C=O) groups excluding carboxylic acids is 1. The van der Waals surface area contributed by atoms with Crippen LogP contribution in [0.15, 0.2) is 78.9 Å². The summed E-state index contributed by atoms with van der Waals surface area (Å²) in [6.07, 6.45) is -4.31. The first kappa shape index (κ1) is 23.5. The Morgan fingerprint density at radius 2 is 1.65 bits per heavy atom. The summed E-state index contributed by atoms with van der Waals surface area (Å²) in [5.41, 5.74) is 0.642. The first-order chi connectivity index (χ1) is 16.2. The number of rotatable bonds is 6. The lowest BCUT2D eigenvalue weighted by atomic mass is 10.1. The molecule has 3 aromatic carbocycles. The third kappa shape index (κ3) is 5.12. The van der Waals surface area contributed by atoms with Crippen LogP contribution in [0.1, 0.15) is 21.6 Å². The number of alkyl halides is 3. The molecule has 0 bridgehead atoms. The minimum Gasteiger partial charge on any atom is -0.352 e. The fourth-order valence-electron chi connectivity index (χ4n) is 3.44. The van der Waals surface area contributed by atoms with E-state index in [1.807, 2.05) is 0 Å². The largest absolute Gasteiger partial charge is 0.435 e. The quantitative estimate of drug-likeness (QED) is 0.323. The molecule has 0 aliphatic heterocycles. The SMILES string of the molecule is O=C(NCCc1ccccc1F)c1ccc(-c2cc(C(F)(F)F)nn2-c2ccccc2Cl)cc1. The highest BCUT2D eigenvalue weighted by molar-refractivity contribution is 6.32. The Morgan fingerprint density at radius 3 is 2.32 bits per heavy atom. The number of halogens is 5. The number of benzene rings is 3. The van der Waals surface area contributed by atoms with Gasteiger partial charge in [0.15, 0.2) is 5.69 Å². The number of hydrogen-bond acceptors (Lipinski definition) is 2. The summed E-state index contributed by atoms with van der Waals surface area (Å²) in [7, 11) is 0. The van der Waals surface area contributed by atoms with Crippen LogP contribution in [0, 0.1) is 5.82 Å². The predicted octanol–water partition coefficient (Wildman–Crippen LogP) is 6.32. The molecular weight excluding hydrogens is 470 g/mol. The first-order valence-corrected chi connectivity index (χ1v) is 10.7. The molecule has 9 heteroatoms. The van der Waals surface area contributed by atoms with Gasteiger partial charge in [0.05, 0.1) is 16.4 Å². The van der Waals surface area contributed by atoms with Crippen molar-refractivity contribution in [2.45, 2.75) is 12.6 Å². The molecule has 1 heterocycles. The summed E-state index contributed by atoms with van der Waals surface area (Å²) >= 11 is 6.19. The van der Waals surface area contributed by atoms with Gasteiger partial charge in [0.1, 0.15) is 5.82 Å². The molecule has 0 unspecified atom stereocenters. The van der Waals surface area contributed by atoms with E-state index < -0.39 is 11.9 Å². The fourth-order valence-corrected chi connectivity index (χ4v) is 3.65. The van der Waals surface area contributed by atoms with E-state index in [2.05, 4.69) is 10.4 Å². The van der Waals surface area contributed by atoms with Gasteiger partial charge in [-0.2, -0.15) is 18.3 Å². The number of nitrogens with zero attached hydrogens (tertiary/aromatic N) is 2. The van der Waals surface area contributed by atoms with Gasteiger partial charge >= 0.3 is 6.18 Å². The predicted molar refractivity (Wildman–Crippen MR) is 121 cm³/mol. The van der Waals surface area contributed by atoms with Crippen LogP contribution in [0.5, 0.6) is 0 Å². The number of nitrogens with one attached hydrogen (secondary N) is 1. The van der Waals surface area contributed by atoms with E-state index in [4.69, 9.17) is 11.6 Å². The van der Waals surface area contributed by atoms with Crippen LogP contribution in [0.3, 0.4) is 0 Å². The van der Waals surface area contributed by atoms with Gasteiger partial charge in [-0.05, 0) is 48.4 Å². The Bertz CT molecular complexity index is 1320. The monoisotopic (exact) mass is 487 g/mol. The second-order valence-corrected chi connectivity index (χ2v) is 7.86. The normalized spacial score (nSPS) is 11.4. The zero-order valence-corrected chi connectivity index (χ0v) is 18.4. The van der Waals surface area contributed by atoms with Crippen molar-refractivity contribution in [1.29, 1.82) is 0 Å². The second kappa shape index (κ2) is 9.69. The van der Waals surface area contributed by atoms with Crippen LogP contribution in [0.25, 0.3) is 16.9 Å². The third-order valence-electron chi connectivity index (χ3n) is 5.16. The number of aromatic nitrogens is 2. The van der Waals surface area contributed by atoms with E-state index in [0.29, 0.717) is 28.8 Å². The van der Waals surface area contributed by atoms with Crippen molar-refractivity contribution in [3.63, 3.8) is 0 Å². The zero-order chi connectivity index (χ0) is 24.3. The van der Waals surface area contributed by atoms with E-state index in [9.17, 15) is 22.4 Å². The van der Waals surface area contributed by atoms with Gasteiger partial charge in [-0.15, -0.1) is 0 Å². The number of amides is 1. The van der Waals surface area contributed by atoms with Crippen LogP contribution in [0.4, 0.5) is 17.6 Å². The molecule has 174 valence electrons. The van der Waals surface area contributed by atoms with Crippen LogP contribution in [-0.4, -0.2) is 22.2 Å². The number of para-hydroxylation sites is 1. The molecule has 34 heavy (non-hydrogen) atoms. The van der Waals surface area contributed by atoms with Gasteiger partial charge in [-0.1, -0.05) is 54.1 Å². The highest BCUT2D eigenvalue weighted by Crippen LogP contribution is 2.34. The molecule has 0 aliphatic carbocycles. The molecule has 1 amide bonds. The minimum atomic E-state index is -4.64. The van der Waals surface area contributed by atoms with Crippen molar-refractivity contribution in [3.8, 4) is 16.9 Å². The maximum Gasteiger partial charge on any atom is 0.435 e. The van der Waals surface area contributed by atoms with Crippen LogP contribution < -0.4 is 5.32 Å². The van der Waals surface area contributed by atoms with Crippen molar-refractivity contribution >= 4 is 17.5 Å². The molecule has 1 aromatic heterocycles. The molecule has 4 nitrogen and oxygen atoms in total. The smallest absolute Gasteiger partial charge is 0.352 e. The molecule has 0 atom stereocenters. The molecule has 0 fully saturated rings. The van der Waals surface area contributed by atoms with Crippen molar-refractivity contribution in [3.05, 3.63) is 107 Å². The van der Waals surface area contributed by atoms with Gasteiger partial charge in [0, 0.05) is 17.7 Å². The average Bonchev–Trinajstić information content (AvgIpc) is 3.26. The van der Waals surface area contributed by atoms with Gasteiger partial charge in [-0.25, -0.2) is 9.07 Å². The van der Waals surface area contributed by atoms with E-state index in [-0.39, 0.29) is 29.0 Å². The maximum absolute atomic E-state index is 13.7. The molecule has 0 saturated heterocycles. The lowest BCUT2D eigenvalue weighted by Gasteiger charge is -2.10. The summed E-state index contributed by atoms with van der Waals surface area (Å²) in [5, 5.41) is 6.68. The van der Waals surface area contributed by atoms with Gasteiger partial charge in [0.25, 0.3) is 5.91 Å². The molecule has 4 aromatic rings. The molecule has 1 N–H and O–H groups in total. The highest BCUT2D eigenvalue weighted by Gasteiger charge is 2.35. The van der Waals surface area contributed by atoms with E-state index in [1.165, 1.54) is 30.3 Å².